The first-order chi connectivity index (χ1) is 18.4. The summed E-state index contributed by atoms with van der Waals surface area (Å²) in [7, 11) is 0. The third-order valence-corrected chi connectivity index (χ3v) is 6.38. The van der Waals surface area contributed by atoms with Crippen LogP contribution in [0.1, 0.15) is 80.6 Å². The van der Waals surface area contributed by atoms with Crippen molar-refractivity contribution >= 4 is 17.6 Å². The molecule has 38 heavy (non-hydrogen) atoms. The molecular formula is C29H33N5O4. The fourth-order valence-electron chi connectivity index (χ4n) is 4.21. The van der Waals surface area contributed by atoms with E-state index in [1.807, 2.05) is 37.3 Å². The number of hydrogen-bond donors (Lipinski definition) is 3. The fraction of sp³-hybridized carbons (Fsp3) is 0.345. The van der Waals surface area contributed by atoms with Gasteiger partial charge in [-0.25, -0.2) is 9.97 Å². The summed E-state index contributed by atoms with van der Waals surface area (Å²) >= 11 is 0. The zero-order valence-electron chi connectivity index (χ0n) is 21.5. The summed E-state index contributed by atoms with van der Waals surface area (Å²) in [5.41, 5.74) is 9.55. The fourth-order valence-corrected chi connectivity index (χ4v) is 4.21. The van der Waals surface area contributed by atoms with Crippen molar-refractivity contribution in [2.45, 2.75) is 58.2 Å². The van der Waals surface area contributed by atoms with Gasteiger partial charge in [0.15, 0.2) is 5.78 Å². The van der Waals surface area contributed by atoms with Gasteiger partial charge in [-0.3, -0.25) is 14.4 Å². The Kier molecular flexibility index (Phi) is 9.16. The summed E-state index contributed by atoms with van der Waals surface area (Å²) in [6.45, 7) is 3.24. The normalized spacial score (nSPS) is 12.8. The number of fused-ring (bicyclic) bond motifs is 1. The highest BCUT2D eigenvalue weighted by atomic mass is 16.5. The highest BCUT2D eigenvalue weighted by molar-refractivity contribution is 5.97. The molecule has 3 aromatic rings. The minimum atomic E-state index is -0.422. The highest BCUT2D eigenvalue weighted by Crippen LogP contribution is 2.25. The van der Waals surface area contributed by atoms with Gasteiger partial charge >= 0.3 is 0 Å². The van der Waals surface area contributed by atoms with Gasteiger partial charge in [-0.15, -0.1) is 0 Å². The smallest absolute Gasteiger partial charge is 0.270 e. The van der Waals surface area contributed by atoms with Crippen molar-refractivity contribution in [1.82, 2.24) is 20.6 Å². The number of carbonyl (C=O) groups excluding carboxylic acids is 3. The van der Waals surface area contributed by atoms with Crippen LogP contribution in [0.4, 0.5) is 0 Å². The summed E-state index contributed by atoms with van der Waals surface area (Å²) in [5.74, 6) is 0.173. The molecule has 0 fully saturated rings. The lowest BCUT2D eigenvalue weighted by Gasteiger charge is -2.08. The Hall–Kier alpha value is -4.11. The molecule has 0 bridgehead atoms. The Labute approximate surface area is 222 Å². The standard InChI is InChI=1S/C29H33N5O4/c1-19(30)4-2-3-5-26(35)22-9-6-20(7-10-22)16-31-28(36)24-15-25(34-18-33-24)29(37)32-17-21-8-11-27-23(14-21)12-13-38-27/h6-11,14-15,18-19H,2-5,12-13,16-17,30H2,1H3,(H,31,36)(H,32,37). The number of Topliss-reactive ketones (excluding diaryl/α,β-unsaturated/α-hetero) is 1. The van der Waals surface area contributed by atoms with Gasteiger partial charge in [0.1, 0.15) is 23.5 Å². The van der Waals surface area contributed by atoms with E-state index in [-0.39, 0.29) is 29.8 Å². The van der Waals surface area contributed by atoms with Gasteiger partial charge < -0.3 is 21.1 Å². The topological polar surface area (TPSA) is 136 Å². The maximum atomic E-state index is 12.6. The number of carbonyl (C=O) groups is 3. The summed E-state index contributed by atoms with van der Waals surface area (Å²) in [5, 5.41) is 5.63. The Morgan fingerprint density at radius 2 is 1.58 bits per heavy atom. The van der Waals surface area contributed by atoms with Crippen LogP contribution in [0, 0.1) is 0 Å². The van der Waals surface area contributed by atoms with E-state index in [4.69, 9.17) is 10.5 Å². The van der Waals surface area contributed by atoms with Gasteiger partial charge in [0.05, 0.1) is 6.61 Å². The number of hydrogen-bond acceptors (Lipinski definition) is 7. The number of rotatable bonds is 12. The Bertz CT molecular complexity index is 1290. The number of nitrogens with two attached hydrogens (primary N) is 1. The summed E-state index contributed by atoms with van der Waals surface area (Å²) in [6.07, 6.45) is 5.22. The van der Waals surface area contributed by atoms with E-state index in [2.05, 4.69) is 20.6 Å². The second kappa shape index (κ2) is 12.9. The average molecular weight is 516 g/mol. The van der Waals surface area contributed by atoms with Crippen molar-refractivity contribution in [3.05, 3.63) is 88.5 Å². The number of ketones is 1. The maximum Gasteiger partial charge on any atom is 0.270 e. The van der Waals surface area contributed by atoms with Crippen molar-refractivity contribution in [1.29, 1.82) is 0 Å². The number of amides is 2. The number of aromatic nitrogens is 2. The molecule has 1 unspecified atom stereocenters. The lowest BCUT2D eigenvalue weighted by Crippen LogP contribution is -2.27. The molecule has 2 heterocycles. The van der Waals surface area contributed by atoms with E-state index >= 15 is 0 Å². The molecule has 0 saturated carbocycles. The van der Waals surface area contributed by atoms with Gasteiger partial charge in [-0.2, -0.15) is 0 Å². The predicted octanol–water partition coefficient (Wildman–Crippen LogP) is 3.36. The molecule has 1 aromatic heterocycles. The Morgan fingerprint density at radius 3 is 2.26 bits per heavy atom. The van der Waals surface area contributed by atoms with Crippen molar-refractivity contribution in [2.75, 3.05) is 6.61 Å². The number of ether oxygens (including phenoxy) is 1. The van der Waals surface area contributed by atoms with Gasteiger partial charge in [0.2, 0.25) is 0 Å². The quantitative estimate of drug-likeness (QED) is 0.248. The van der Waals surface area contributed by atoms with Crippen molar-refractivity contribution < 1.29 is 19.1 Å². The molecule has 2 aromatic carbocycles. The first-order valence-electron chi connectivity index (χ1n) is 12.9. The van der Waals surface area contributed by atoms with Gasteiger partial charge in [0.25, 0.3) is 11.8 Å². The second-order valence-electron chi connectivity index (χ2n) is 9.54. The van der Waals surface area contributed by atoms with Crippen LogP contribution in [-0.4, -0.2) is 40.2 Å². The monoisotopic (exact) mass is 515 g/mol. The van der Waals surface area contributed by atoms with Crippen molar-refractivity contribution in [3.63, 3.8) is 0 Å². The number of nitrogens with one attached hydrogen (secondary N) is 2. The molecule has 1 aliphatic heterocycles. The predicted molar refractivity (Wildman–Crippen MR) is 143 cm³/mol. The molecule has 198 valence electrons. The number of benzene rings is 2. The van der Waals surface area contributed by atoms with Crippen molar-refractivity contribution in [2.24, 2.45) is 5.73 Å². The van der Waals surface area contributed by atoms with Gasteiger partial charge in [-0.05, 0) is 42.5 Å². The SMILES string of the molecule is CC(N)CCCCC(=O)c1ccc(CNC(=O)c2cc(C(=O)NCc3ccc4c(c3)CCO4)ncn2)cc1. The van der Waals surface area contributed by atoms with Gasteiger partial charge in [0, 0.05) is 43.6 Å². The third kappa shape index (κ3) is 7.45. The van der Waals surface area contributed by atoms with Crippen LogP contribution in [0.3, 0.4) is 0 Å². The van der Waals surface area contributed by atoms with Crippen LogP contribution in [0.25, 0.3) is 0 Å². The number of unbranched alkanes of at least 4 members (excludes halogenated alkanes) is 1. The summed E-state index contributed by atoms with van der Waals surface area (Å²) in [4.78, 5) is 45.6. The van der Waals surface area contributed by atoms with E-state index in [1.54, 1.807) is 12.1 Å². The second-order valence-corrected chi connectivity index (χ2v) is 9.54. The van der Waals surface area contributed by atoms with E-state index in [0.29, 0.717) is 25.1 Å². The minimum absolute atomic E-state index is 0.0958. The van der Waals surface area contributed by atoms with E-state index in [1.165, 1.54) is 12.4 Å². The van der Waals surface area contributed by atoms with E-state index < -0.39 is 11.8 Å². The van der Waals surface area contributed by atoms with Crippen LogP contribution in [0.15, 0.2) is 54.9 Å². The molecule has 9 heteroatoms. The van der Waals surface area contributed by atoms with Gasteiger partial charge in [-0.1, -0.05) is 42.8 Å². The minimum Gasteiger partial charge on any atom is -0.493 e. The zero-order valence-corrected chi connectivity index (χ0v) is 21.5. The van der Waals surface area contributed by atoms with Crippen LogP contribution in [-0.2, 0) is 19.5 Å². The molecule has 1 atom stereocenters. The maximum absolute atomic E-state index is 12.6. The van der Waals surface area contributed by atoms with Crippen LogP contribution in [0.2, 0.25) is 0 Å². The zero-order chi connectivity index (χ0) is 26.9. The first kappa shape index (κ1) is 26.9. The molecule has 1 aliphatic rings. The van der Waals surface area contributed by atoms with Crippen LogP contribution < -0.4 is 21.1 Å². The Morgan fingerprint density at radius 1 is 0.921 bits per heavy atom. The Balaban J connectivity index is 1.25. The molecule has 2 amide bonds. The van der Waals surface area contributed by atoms with Crippen molar-refractivity contribution in [3.8, 4) is 5.75 Å². The van der Waals surface area contributed by atoms with Crippen LogP contribution in [0.5, 0.6) is 5.75 Å². The largest absolute Gasteiger partial charge is 0.493 e. The summed E-state index contributed by atoms with van der Waals surface area (Å²) < 4.78 is 5.51. The summed E-state index contributed by atoms with van der Waals surface area (Å²) in [6, 6.07) is 14.6. The highest BCUT2D eigenvalue weighted by Gasteiger charge is 2.15. The lowest BCUT2D eigenvalue weighted by atomic mass is 10.0. The molecule has 0 aliphatic carbocycles. The molecule has 4 rings (SSSR count). The average Bonchev–Trinajstić information content (AvgIpc) is 3.41. The molecule has 0 saturated heterocycles. The van der Waals surface area contributed by atoms with E-state index in [9.17, 15) is 14.4 Å². The molecular weight excluding hydrogens is 482 g/mol. The first-order valence-corrected chi connectivity index (χ1v) is 12.9. The lowest BCUT2D eigenvalue weighted by molar-refractivity contribution is 0.0940. The van der Waals surface area contributed by atoms with E-state index in [0.717, 1.165) is 48.1 Å². The molecule has 0 radical (unpaired) electrons. The third-order valence-electron chi connectivity index (χ3n) is 6.38. The molecule has 9 nitrogen and oxygen atoms in total. The van der Waals surface area contributed by atoms with Crippen LogP contribution >= 0.6 is 0 Å². The molecule has 0 spiro atoms. The number of nitrogens with zero attached hydrogens (tertiary/aromatic N) is 2. The molecule has 4 N–H and O–H groups in total.